The number of aromatic nitrogens is 1. The molecular weight excluding hydrogens is 146 g/mol. The van der Waals surface area contributed by atoms with E-state index in [0.717, 1.165) is 0 Å². The van der Waals surface area contributed by atoms with E-state index >= 15 is 0 Å². The summed E-state index contributed by atoms with van der Waals surface area (Å²) in [5.41, 5.74) is 0. The average molecular weight is 153 g/mol. The summed E-state index contributed by atoms with van der Waals surface area (Å²) in [7, 11) is 1.25. The lowest BCUT2D eigenvalue weighted by atomic mass is 10.5. The van der Waals surface area contributed by atoms with Crippen LogP contribution in [0.3, 0.4) is 0 Å². The minimum Gasteiger partial charge on any atom is -0.437 e. The highest BCUT2D eigenvalue weighted by molar-refractivity contribution is 5.63. The Morgan fingerprint density at radius 2 is 2.45 bits per heavy atom. The fourth-order valence-corrected chi connectivity index (χ4v) is 0.545. The van der Waals surface area contributed by atoms with Gasteiger partial charge >= 0.3 is 6.16 Å². The molecule has 11 heavy (non-hydrogen) atoms. The number of hydrogen-bond donors (Lipinski definition) is 0. The summed E-state index contributed by atoms with van der Waals surface area (Å²) in [6, 6.07) is 3.28. The average Bonchev–Trinajstić information content (AvgIpc) is 2.06. The molecule has 58 valence electrons. The summed E-state index contributed by atoms with van der Waals surface area (Å²) < 4.78 is 8.91. The van der Waals surface area contributed by atoms with Crippen LogP contribution in [-0.2, 0) is 4.74 Å². The molecule has 0 saturated carbocycles. The number of rotatable bonds is 1. The smallest absolute Gasteiger partial charge is 0.437 e. The molecule has 0 aliphatic carbocycles. The van der Waals surface area contributed by atoms with Crippen molar-refractivity contribution in [1.29, 1.82) is 0 Å². The number of carbonyl (C=O) groups is 1. The highest BCUT2D eigenvalue weighted by atomic mass is 16.7. The van der Waals surface area contributed by atoms with Gasteiger partial charge in [-0.25, -0.2) is 4.79 Å². The Hall–Kier alpha value is -1.58. The minimum absolute atomic E-state index is 0.374. The van der Waals surface area contributed by atoms with Crippen LogP contribution in [0.5, 0.6) is 5.75 Å². The Morgan fingerprint density at radius 3 is 3.00 bits per heavy atom. The van der Waals surface area contributed by atoms with Crippen LogP contribution >= 0.6 is 0 Å². The number of hydrogen-bond acceptors (Lipinski definition) is 4. The summed E-state index contributed by atoms with van der Waals surface area (Å²) in [6.45, 7) is 0. The largest absolute Gasteiger partial charge is 0.513 e. The van der Waals surface area contributed by atoms with Gasteiger partial charge < -0.3 is 9.47 Å². The first-order chi connectivity index (χ1) is 5.33. The van der Waals surface area contributed by atoms with E-state index < -0.39 is 6.16 Å². The Balaban J connectivity index is 2.58. The highest BCUT2D eigenvalue weighted by Gasteiger charge is 2.00. The van der Waals surface area contributed by atoms with Crippen LogP contribution in [0.15, 0.2) is 24.5 Å². The lowest BCUT2D eigenvalue weighted by Gasteiger charge is -1.99. The summed E-state index contributed by atoms with van der Waals surface area (Å²) in [6.07, 6.45) is 2.28. The van der Waals surface area contributed by atoms with Gasteiger partial charge in [0, 0.05) is 6.20 Å². The molecule has 0 saturated heterocycles. The zero-order valence-corrected chi connectivity index (χ0v) is 5.98. The van der Waals surface area contributed by atoms with Crippen molar-refractivity contribution < 1.29 is 14.3 Å². The molecule has 1 aromatic rings. The van der Waals surface area contributed by atoms with Crippen LogP contribution in [0.25, 0.3) is 0 Å². The second kappa shape index (κ2) is 3.55. The van der Waals surface area contributed by atoms with Crippen molar-refractivity contribution >= 4 is 6.16 Å². The molecule has 1 heterocycles. The molecule has 0 amide bonds. The lowest BCUT2D eigenvalue weighted by molar-refractivity contribution is 0.121. The second-order valence-electron chi connectivity index (χ2n) is 1.74. The van der Waals surface area contributed by atoms with Gasteiger partial charge in [0.15, 0.2) is 5.75 Å². The van der Waals surface area contributed by atoms with E-state index in [4.69, 9.17) is 0 Å². The summed E-state index contributed by atoms with van der Waals surface area (Å²) in [5, 5.41) is 0. The minimum atomic E-state index is -0.738. The Labute approximate surface area is 63.8 Å². The Kier molecular flexibility index (Phi) is 2.43. The van der Waals surface area contributed by atoms with E-state index in [-0.39, 0.29) is 0 Å². The van der Waals surface area contributed by atoms with Crippen LogP contribution in [0.2, 0.25) is 0 Å². The summed E-state index contributed by atoms with van der Waals surface area (Å²) in [4.78, 5) is 14.2. The number of methoxy groups -OCH3 is 1. The van der Waals surface area contributed by atoms with Crippen LogP contribution in [-0.4, -0.2) is 18.2 Å². The third-order valence-corrected chi connectivity index (χ3v) is 1.00. The molecule has 0 atom stereocenters. The van der Waals surface area contributed by atoms with Gasteiger partial charge in [0.05, 0.1) is 13.3 Å². The zero-order chi connectivity index (χ0) is 8.10. The van der Waals surface area contributed by atoms with Crippen LogP contribution < -0.4 is 4.74 Å². The van der Waals surface area contributed by atoms with Gasteiger partial charge in [-0.15, -0.1) is 0 Å². The molecule has 0 N–H and O–H groups in total. The molecule has 4 heteroatoms. The molecule has 0 unspecified atom stereocenters. The van der Waals surface area contributed by atoms with Crippen molar-refractivity contribution in [1.82, 2.24) is 4.98 Å². The first-order valence-corrected chi connectivity index (χ1v) is 2.99. The second-order valence-corrected chi connectivity index (χ2v) is 1.74. The van der Waals surface area contributed by atoms with Crippen LogP contribution in [0, 0.1) is 0 Å². The highest BCUT2D eigenvalue weighted by Crippen LogP contribution is 2.06. The van der Waals surface area contributed by atoms with Crippen molar-refractivity contribution in [3.8, 4) is 5.75 Å². The molecule has 0 aliphatic heterocycles. The molecule has 0 aliphatic rings. The lowest BCUT2D eigenvalue weighted by Crippen LogP contribution is -2.06. The van der Waals surface area contributed by atoms with E-state index in [9.17, 15) is 4.79 Å². The van der Waals surface area contributed by atoms with E-state index in [1.54, 1.807) is 18.3 Å². The SMILES string of the molecule is COC(=O)Oc1cccnc1. The topological polar surface area (TPSA) is 48.4 Å². The van der Waals surface area contributed by atoms with E-state index in [1.165, 1.54) is 13.3 Å². The van der Waals surface area contributed by atoms with Gasteiger partial charge in [-0.05, 0) is 12.1 Å². The first kappa shape index (κ1) is 7.53. The number of pyridine rings is 1. The zero-order valence-electron chi connectivity index (χ0n) is 5.98. The molecule has 0 aromatic carbocycles. The van der Waals surface area contributed by atoms with Crippen LogP contribution in [0.4, 0.5) is 4.79 Å². The molecular formula is C7H7NO3. The molecule has 4 nitrogen and oxygen atoms in total. The maximum absolute atomic E-state index is 10.5. The van der Waals surface area contributed by atoms with Crippen LogP contribution in [0.1, 0.15) is 0 Å². The van der Waals surface area contributed by atoms with Gasteiger partial charge in [-0.1, -0.05) is 0 Å². The fourth-order valence-electron chi connectivity index (χ4n) is 0.545. The van der Waals surface area contributed by atoms with E-state index in [2.05, 4.69) is 14.5 Å². The van der Waals surface area contributed by atoms with Gasteiger partial charge in [-0.3, -0.25) is 4.98 Å². The Bertz CT molecular complexity index is 235. The summed E-state index contributed by atoms with van der Waals surface area (Å²) >= 11 is 0. The molecule has 0 radical (unpaired) electrons. The summed E-state index contributed by atoms with van der Waals surface area (Å²) in [5.74, 6) is 0.374. The maximum atomic E-state index is 10.5. The molecule has 1 aromatic heterocycles. The van der Waals surface area contributed by atoms with Crippen molar-refractivity contribution in [3.63, 3.8) is 0 Å². The predicted octanol–water partition coefficient (Wildman–Crippen LogP) is 1.23. The van der Waals surface area contributed by atoms with Gasteiger partial charge in [-0.2, -0.15) is 0 Å². The fraction of sp³-hybridized carbons (Fsp3) is 0.143. The standard InChI is InChI=1S/C7H7NO3/c1-10-7(9)11-6-3-2-4-8-5-6/h2-5H,1H3. The van der Waals surface area contributed by atoms with Gasteiger partial charge in [0.25, 0.3) is 0 Å². The van der Waals surface area contributed by atoms with Crippen molar-refractivity contribution in [2.24, 2.45) is 0 Å². The molecule has 0 bridgehead atoms. The number of carbonyl (C=O) groups excluding carboxylic acids is 1. The van der Waals surface area contributed by atoms with E-state index in [0.29, 0.717) is 5.75 Å². The Morgan fingerprint density at radius 1 is 1.64 bits per heavy atom. The third kappa shape index (κ3) is 2.25. The first-order valence-electron chi connectivity index (χ1n) is 2.99. The predicted molar refractivity (Wildman–Crippen MR) is 37.3 cm³/mol. The molecule has 0 spiro atoms. The van der Waals surface area contributed by atoms with Gasteiger partial charge in [0.1, 0.15) is 0 Å². The quantitative estimate of drug-likeness (QED) is 0.569. The monoisotopic (exact) mass is 153 g/mol. The van der Waals surface area contributed by atoms with Crippen molar-refractivity contribution in [2.45, 2.75) is 0 Å². The normalized spacial score (nSPS) is 8.82. The number of nitrogens with zero attached hydrogens (tertiary/aromatic N) is 1. The van der Waals surface area contributed by atoms with Gasteiger partial charge in [0.2, 0.25) is 0 Å². The molecule has 0 fully saturated rings. The van der Waals surface area contributed by atoms with Crippen molar-refractivity contribution in [3.05, 3.63) is 24.5 Å². The maximum Gasteiger partial charge on any atom is 0.513 e. The molecule has 1 rings (SSSR count). The third-order valence-electron chi connectivity index (χ3n) is 1.00. The van der Waals surface area contributed by atoms with Crippen molar-refractivity contribution in [2.75, 3.05) is 7.11 Å². The van der Waals surface area contributed by atoms with E-state index in [1.807, 2.05) is 0 Å². The number of ether oxygens (including phenoxy) is 2.